The van der Waals surface area contributed by atoms with E-state index in [-0.39, 0.29) is 5.82 Å². The zero-order chi connectivity index (χ0) is 10.7. The number of nitrogens with two attached hydrogens (primary N) is 1. The average Bonchev–Trinajstić information content (AvgIpc) is 2.55. The summed E-state index contributed by atoms with van der Waals surface area (Å²) in [4.78, 5) is 11.0. The van der Waals surface area contributed by atoms with Gasteiger partial charge in [-0.2, -0.15) is 5.10 Å². The third-order valence-electron chi connectivity index (χ3n) is 1.76. The average molecular weight is 204 g/mol. The van der Waals surface area contributed by atoms with Crippen molar-refractivity contribution < 1.29 is 4.79 Å². The van der Waals surface area contributed by atoms with Crippen LogP contribution in [0.15, 0.2) is 29.8 Å². The molecule has 0 unspecified atom stereocenters. The number of carbonyl (C=O) groups excluding carboxylic acids is 1. The van der Waals surface area contributed by atoms with Crippen molar-refractivity contribution in [2.45, 2.75) is 0 Å². The lowest BCUT2D eigenvalue weighted by molar-refractivity contribution is 0.0989. The molecule has 1 amide bonds. The Morgan fingerprint density at radius 3 is 3.20 bits per heavy atom. The highest BCUT2D eigenvalue weighted by atomic mass is 16.1. The van der Waals surface area contributed by atoms with Crippen LogP contribution in [-0.4, -0.2) is 26.9 Å². The fourth-order valence-corrected chi connectivity index (χ4v) is 1.11. The molecule has 0 saturated heterocycles. The number of nitrogens with one attached hydrogen (secondary N) is 1. The standard InChI is InChI=1S/C8H8N6O/c9-7(15)8-13-12-5-14(8)6-2-1-3-10-11-4-6/h1-5,10H,(H2,9,15). The van der Waals surface area contributed by atoms with E-state index in [4.69, 9.17) is 5.73 Å². The van der Waals surface area contributed by atoms with E-state index in [1.54, 1.807) is 18.4 Å². The molecule has 0 bridgehead atoms. The number of primary amides is 1. The number of aromatic nitrogens is 3. The molecule has 15 heavy (non-hydrogen) atoms. The van der Waals surface area contributed by atoms with Crippen LogP contribution in [-0.2, 0) is 0 Å². The monoisotopic (exact) mass is 204 g/mol. The number of hydrazone groups is 1. The molecule has 7 heteroatoms. The van der Waals surface area contributed by atoms with Crippen molar-refractivity contribution in [1.82, 2.24) is 20.2 Å². The van der Waals surface area contributed by atoms with Crippen molar-refractivity contribution in [1.29, 1.82) is 0 Å². The predicted molar refractivity (Wildman–Crippen MR) is 53.6 cm³/mol. The number of rotatable bonds is 2. The molecule has 0 aromatic carbocycles. The Labute approximate surface area is 85.0 Å². The van der Waals surface area contributed by atoms with E-state index in [2.05, 4.69) is 20.7 Å². The Hall–Kier alpha value is -2.44. The van der Waals surface area contributed by atoms with Crippen LogP contribution in [0.1, 0.15) is 10.6 Å². The third kappa shape index (κ3) is 1.75. The van der Waals surface area contributed by atoms with E-state index in [1.807, 2.05) is 0 Å². The molecule has 0 atom stereocenters. The number of amides is 1. The van der Waals surface area contributed by atoms with Crippen LogP contribution in [0.2, 0.25) is 0 Å². The third-order valence-corrected chi connectivity index (χ3v) is 1.76. The SMILES string of the molecule is NC(=O)c1nncn1C1=CC=CNN=C1. The molecule has 1 aromatic heterocycles. The number of carbonyl (C=O) groups is 1. The fraction of sp³-hybridized carbons (Fsp3) is 0. The quantitative estimate of drug-likeness (QED) is 0.666. The molecule has 0 radical (unpaired) electrons. The van der Waals surface area contributed by atoms with Crippen molar-refractivity contribution in [3.8, 4) is 0 Å². The lowest BCUT2D eigenvalue weighted by Gasteiger charge is -2.02. The van der Waals surface area contributed by atoms with Crippen molar-refractivity contribution in [3.63, 3.8) is 0 Å². The van der Waals surface area contributed by atoms with Crippen molar-refractivity contribution in [3.05, 3.63) is 30.5 Å². The number of allylic oxidation sites excluding steroid dienone is 3. The van der Waals surface area contributed by atoms with Crippen LogP contribution >= 0.6 is 0 Å². The Balaban J connectivity index is 2.44. The molecule has 2 rings (SSSR count). The molecule has 1 aliphatic heterocycles. The van der Waals surface area contributed by atoms with Crippen molar-refractivity contribution in [2.75, 3.05) is 0 Å². The largest absolute Gasteiger partial charge is 0.363 e. The van der Waals surface area contributed by atoms with E-state index in [9.17, 15) is 4.79 Å². The van der Waals surface area contributed by atoms with E-state index in [1.165, 1.54) is 17.1 Å². The van der Waals surface area contributed by atoms with Crippen LogP contribution in [0, 0.1) is 0 Å². The van der Waals surface area contributed by atoms with Crippen LogP contribution < -0.4 is 11.2 Å². The molecule has 0 saturated carbocycles. The first-order valence-electron chi connectivity index (χ1n) is 4.14. The van der Waals surface area contributed by atoms with Gasteiger partial charge in [0.15, 0.2) is 0 Å². The van der Waals surface area contributed by atoms with E-state index >= 15 is 0 Å². The van der Waals surface area contributed by atoms with Gasteiger partial charge in [-0.25, -0.2) is 0 Å². The first kappa shape index (κ1) is 9.13. The highest BCUT2D eigenvalue weighted by Crippen LogP contribution is 2.06. The van der Waals surface area contributed by atoms with Gasteiger partial charge in [-0.1, -0.05) is 0 Å². The van der Waals surface area contributed by atoms with Gasteiger partial charge in [-0.15, -0.1) is 10.2 Å². The summed E-state index contributed by atoms with van der Waals surface area (Å²) in [5.74, 6) is -0.564. The molecular weight excluding hydrogens is 196 g/mol. The van der Waals surface area contributed by atoms with Gasteiger partial charge in [-0.3, -0.25) is 14.8 Å². The van der Waals surface area contributed by atoms with Crippen LogP contribution in [0.25, 0.3) is 5.70 Å². The number of hydrogen-bond donors (Lipinski definition) is 2. The van der Waals surface area contributed by atoms with E-state index in [0.29, 0.717) is 5.70 Å². The van der Waals surface area contributed by atoms with Crippen molar-refractivity contribution >= 4 is 17.8 Å². The minimum absolute atomic E-state index is 0.0722. The smallest absolute Gasteiger partial charge is 0.287 e. The lowest BCUT2D eigenvalue weighted by Crippen LogP contribution is -2.18. The molecule has 0 aliphatic carbocycles. The van der Waals surface area contributed by atoms with Gasteiger partial charge in [-0.05, 0) is 12.2 Å². The number of hydrogen-bond acceptors (Lipinski definition) is 5. The summed E-state index contributed by atoms with van der Waals surface area (Å²) in [6.45, 7) is 0. The Morgan fingerprint density at radius 2 is 2.40 bits per heavy atom. The second-order valence-electron chi connectivity index (χ2n) is 2.73. The zero-order valence-corrected chi connectivity index (χ0v) is 7.66. The molecule has 76 valence electrons. The Morgan fingerprint density at radius 1 is 1.53 bits per heavy atom. The van der Waals surface area contributed by atoms with Gasteiger partial charge < -0.3 is 5.73 Å². The molecule has 0 spiro atoms. The molecule has 0 fully saturated rings. The summed E-state index contributed by atoms with van der Waals surface area (Å²) in [6.07, 6.45) is 8.08. The summed E-state index contributed by atoms with van der Waals surface area (Å²) < 4.78 is 1.46. The summed E-state index contributed by atoms with van der Waals surface area (Å²) in [7, 11) is 0. The molecule has 2 heterocycles. The van der Waals surface area contributed by atoms with Crippen molar-refractivity contribution in [2.24, 2.45) is 10.8 Å². The maximum Gasteiger partial charge on any atom is 0.287 e. The fourth-order valence-electron chi connectivity index (χ4n) is 1.11. The predicted octanol–water partition coefficient (Wildman–Crippen LogP) is -0.679. The van der Waals surface area contributed by atoms with Gasteiger partial charge in [0.25, 0.3) is 5.91 Å². The molecule has 7 nitrogen and oxygen atoms in total. The highest BCUT2D eigenvalue weighted by Gasteiger charge is 2.12. The van der Waals surface area contributed by atoms with Gasteiger partial charge >= 0.3 is 0 Å². The second kappa shape index (κ2) is 3.74. The van der Waals surface area contributed by atoms with Crippen LogP contribution in [0.5, 0.6) is 0 Å². The van der Waals surface area contributed by atoms with Crippen LogP contribution in [0.4, 0.5) is 0 Å². The highest BCUT2D eigenvalue weighted by molar-refractivity contribution is 6.04. The number of nitrogens with zero attached hydrogens (tertiary/aromatic N) is 4. The minimum atomic E-state index is -0.636. The first-order chi connectivity index (χ1) is 7.29. The summed E-state index contributed by atoms with van der Waals surface area (Å²) in [5.41, 5.74) is 8.44. The maximum absolute atomic E-state index is 11.0. The summed E-state index contributed by atoms with van der Waals surface area (Å²) in [6, 6.07) is 0. The van der Waals surface area contributed by atoms with Gasteiger partial charge in [0.05, 0.1) is 11.9 Å². The van der Waals surface area contributed by atoms with Gasteiger partial charge in [0.1, 0.15) is 6.33 Å². The maximum atomic E-state index is 11.0. The summed E-state index contributed by atoms with van der Waals surface area (Å²) >= 11 is 0. The Bertz CT molecular complexity index is 469. The van der Waals surface area contributed by atoms with Gasteiger partial charge in [0, 0.05) is 6.20 Å². The van der Waals surface area contributed by atoms with Crippen LogP contribution in [0.3, 0.4) is 0 Å². The lowest BCUT2D eigenvalue weighted by atomic mass is 10.4. The second-order valence-corrected chi connectivity index (χ2v) is 2.73. The topological polar surface area (TPSA) is 98.2 Å². The summed E-state index contributed by atoms with van der Waals surface area (Å²) in [5, 5.41) is 11.1. The van der Waals surface area contributed by atoms with Gasteiger partial charge in [0.2, 0.25) is 5.82 Å². The van der Waals surface area contributed by atoms with E-state index in [0.717, 1.165) is 0 Å². The molecular formula is C8H8N6O. The molecule has 1 aliphatic rings. The van der Waals surface area contributed by atoms with E-state index < -0.39 is 5.91 Å². The molecule has 3 N–H and O–H groups in total. The molecule has 1 aromatic rings. The Kier molecular flexibility index (Phi) is 2.28. The first-order valence-corrected chi connectivity index (χ1v) is 4.14. The normalized spacial score (nSPS) is 14.3. The zero-order valence-electron chi connectivity index (χ0n) is 7.66. The minimum Gasteiger partial charge on any atom is -0.363 e.